The van der Waals surface area contributed by atoms with Gasteiger partial charge in [0.2, 0.25) is 0 Å². The minimum absolute atomic E-state index is 0.513. The van der Waals surface area contributed by atoms with Crippen molar-refractivity contribution in [2.75, 3.05) is 18.4 Å². The molecule has 1 aliphatic heterocycles. The number of hydrogen-bond acceptors (Lipinski definition) is 1. The maximum atomic E-state index is 3.78. The number of likely N-dealkylation sites (tertiary alicyclic amines) is 1. The Balaban J connectivity index is 2.02. The molecule has 0 amide bonds. The number of piperidine rings is 1. The van der Waals surface area contributed by atoms with Gasteiger partial charge in [0, 0.05) is 17.9 Å². The zero-order chi connectivity index (χ0) is 13.0. The van der Waals surface area contributed by atoms with E-state index in [1.165, 1.54) is 69.8 Å². The SMILES string of the molecule is CCC(CC)(CBr)CN1CCCC2CCCCC21. The zero-order valence-electron chi connectivity index (χ0n) is 12.3. The Labute approximate surface area is 122 Å². The highest BCUT2D eigenvalue weighted by molar-refractivity contribution is 9.09. The minimum Gasteiger partial charge on any atom is -0.300 e. The molecule has 0 spiro atoms. The molecule has 2 rings (SSSR count). The van der Waals surface area contributed by atoms with E-state index in [-0.39, 0.29) is 0 Å². The van der Waals surface area contributed by atoms with E-state index in [0.717, 1.165) is 12.0 Å². The normalized spacial score (nSPS) is 30.2. The molecule has 2 unspecified atom stereocenters. The van der Waals surface area contributed by atoms with Crippen LogP contribution in [0.25, 0.3) is 0 Å². The summed E-state index contributed by atoms with van der Waals surface area (Å²) in [5.41, 5.74) is 0.513. The molecular weight excluding hydrogens is 286 g/mol. The Kier molecular flexibility index (Phi) is 5.56. The maximum absolute atomic E-state index is 3.78. The van der Waals surface area contributed by atoms with Gasteiger partial charge in [0.05, 0.1) is 0 Å². The molecule has 0 N–H and O–H groups in total. The molecule has 0 bridgehead atoms. The zero-order valence-corrected chi connectivity index (χ0v) is 13.8. The number of nitrogens with zero attached hydrogens (tertiary/aromatic N) is 1. The summed E-state index contributed by atoms with van der Waals surface area (Å²) in [7, 11) is 0. The van der Waals surface area contributed by atoms with Crippen molar-refractivity contribution in [1.29, 1.82) is 0 Å². The third-order valence-electron chi connectivity index (χ3n) is 5.68. The van der Waals surface area contributed by atoms with Gasteiger partial charge in [0.25, 0.3) is 0 Å². The van der Waals surface area contributed by atoms with Gasteiger partial charge in [-0.2, -0.15) is 0 Å². The fourth-order valence-electron chi connectivity index (χ4n) is 4.06. The van der Waals surface area contributed by atoms with E-state index in [1.54, 1.807) is 0 Å². The third kappa shape index (κ3) is 3.12. The standard InChI is InChI=1S/C16H30BrN/c1-3-16(4-2,12-17)13-18-11-7-9-14-8-5-6-10-15(14)18/h14-15H,3-13H2,1-2H3. The van der Waals surface area contributed by atoms with Crippen LogP contribution in [0.5, 0.6) is 0 Å². The van der Waals surface area contributed by atoms with Crippen molar-refractivity contribution in [3.05, 3.63) is 0 Å². The van der Waals surface area contributed by atoms with Crippen LogP contribution in [0.15, 0.2) is 0 Å². The summed E-state index contributed by atoms with van der Waals surface area (Å²) in [4.78, 5) is 2.86. The number of halogens is 1. The van der Waals surface area contributed by atoms with Gasteiger partial charge in [-0.3, -0.25) is 4.90 Å². The lowest BCUT2D eigenvalue weighted by Gasteiger charge is -2.47. The highest BCUT2D eigenvalue weighted by Gasteiger charge is 2.37. The monoisotopic (exact) mass is 315 g/mol. The van der Waals surface area contributed by atoms with Gasteiger partial charge in [-0.25, -0.2) is 0 Å². The van der Waals surface area contributed by atoms with Crippen molar-refractivity contribution in [3.8, 4) is 0 Å². The molecule has 1 aliphatic carbocycles. The third-order valence-corrected chi connectivity index (χ3v) is 6.87. The molecular formula is C16H30BrN. The molecule has 2 atom stereocenters. The summed E-state index contributed by atoms with van der Waals surface area (Å²) in [5.74, 6) is 1.02. The molecule has 106 valence electrons. The van der Waals surface area contributed by atoms with E-state index < -0.39 is 0 Å². The molecule has 1 nitrogen and oxygen atoms in total. The fourth-order valence-corrected chi connectivity index (χ4v) is 5.03. The number of hydrogen-bond donors (Lipinski definition) is 0. The van der Waals surface area contributed by atoms with E-state index in [9.17, 15) is 0 Å². The Hall–Kier alpha value is 0.440. The molecule has 1 saturated carbocycles. The van der Waals surface area contributed by atoms with E-state index in [4.69, 9.17) is 0 Å². The number of rotatable bonds is 5. The van der Waals surface area contributed by atoms with Crippen molar-refractivity contribution in [2.24, 2.45) is 11.3 Å². The van der Waals surface area contributed by atoms with Gasteiger partial charge in [0.1, 0.15) is 0 Å². The summed E-state index contributed by atoms with van der Waals surface area (Å²) < 4.78 is 0. The van der Waals surface area contributed by atoms with Crippen molar-refractivity contribution in [3.63, 3.8) is 0 Å². The first-order chi connectivity index (χ1) is 8.74. The van der Waals surface area contributed by atoms with Crippen LogP contribution in [0.3, 0.4) is 0 Å². The van der Waals surface area contributed by atoms with Crippen molar-refractivity contribution < 1.29 is 0 Å². The molecule has 0 aromatic carbocycles. The molecule has 18 heavy (non-hydrogen) atoms. The molecule has 2 fully saturated rings. The van der Waals surface area contributed by atoms with Crippen LogP contribution in [0, 0.1) is 11.3 Å². The molecule has 1 heterocycles. The van der Waals surface area contributed by atoms with Crippen LogP contribution in [0.2, 0.25) is 0 Å². The van der Waals surface area contributed by atoms with Crippen molar-refractivity contribution >= 4 is 15.9 Å². The average Bonchev–Trinajstić information content (AvgIpc) is 2.45. The Morgan fingerprint density at radius 2 is 1.72 bits per heavy atom. The predicted molar refractivity (Wildman–Crippen MR) is 83.4 cm³/mol. The van der Waals surface area contributed by atoms with Crippen LogP contribution in [-0.4, -0.2) is 29.4 Å². The molecule has 0 aromatic rings. The topological polar surface area (TPSA) is 3.24 Å². The first kappa shape index (κ1) is 14.8. The van der Waals surface area contributed by atoms with Gasteiger partial charge >= 0.3 is 0 Å². The van der Waals surface area contributed by atoms with Gasteiger partial charge in [-0.05, 0) is 56.4 Å². The van der Waals surface area contributed by atoms with Crippen molar-refractivity contribution in [2.45, 2.75) is 71.3 Å². The second-order valence-corrected chi connectivity index (χ2v) is 7.13. The van der Waals surface area contributed by atoms with Crippen LogP contribution in [-0.2, 0) is 0 Å². The largest absolute Gasteiger partial charge is 0.300 e. The van der Waals surface area contributed by atoms with Crippen LogP contribution < -0.4 is 0 Å². The van der Waals surface area contributed by atoms with E-state index in [0.29, 0.717) is 5.41 Å². The summed E-state index contributed by atoms with van der Waals surface area (Å²) in [6, 6.07) is 0.920. The summed E-state index contributed by atoms with van der Waals surface area (Å²) >= 11 is 3.78. The second-order valence-electron chi connectivity index (χ2n) is 6.57. The highest BCUT2D eigenvalue weighted by Crippen LogP contribution is 2.38. The quantitative estimate of drug-likeness (QED) is 0.656. The Bertz CT molecular complexity index is 239. The fraction of sp³-hybridized carbons (Fsp3) is 1.00. The van der Waals surface area contributed by atoms with E-state index >= 15 is 0 Å². The molecule has 2 aliphatic rings. The van der Waals surface area contributed by atoms with Crippen LogP contribution >= 0.6 is 15.9 Å². The minimum atomic E-state index is 0.513. The van der Waals surface area contributed by atoms with Gasteiger partial charge < -0.3 is 0 Å². The average molecular weight is 316 g/mol. The first-order valence-electron chi connectivity index (χ1n) is 8.04. The smallest absolute Gasteiger partial charge is 0.0124 e. The Morgan fingerprint density at radius 1 is 1.06 bits per heavy atom. The number of fused-ring (bicyclic) bond motifs is 1. The van der Waals surface area contributed by atoms with Gasteiger partial charge in [-0.1, -0.05) is 42.6 Å². The van der Waals surface area contributed by atoms with Crippen LogP contribution in [0.1, 0.15) is 65.2 Å². The second kappa shape index (κ2) is 6.74. The Morgan fingerprint density at radius 3 is 2.39 bits per heavy atom. The van der Waals surface area contributed by atoms with E-state index in [2.05, 4.69) is 34.7 Å². The molecule has 0 aromatic heterocycles. The lowest BCUT2D eigenvalue weighted by atomic mass is 9.76. The van der Waals surface area contributed by atoms with Crippen LogP contribution in [0.4, 0.5) is 0 Å². The lowest BCUT2D eigenvalue weighted by molar-refractivity contribution is 0.0271. The maximum Gasteiger partial charge on any atom is 0.0124 e. The molecule has 2 heteroatoms. The molecule has 1 saturated heterocycles. The first-order valence-corrected chi connectivity index (χ1v) is 9.17. The summed E-state index contributed by atoms with van der Waals surface area (Å²) in [6.45, 7) is 7.42. The summed E-state index contributed by atoms with van der Waals surface area (Å²) in [6.07, 6.45) is 11.5. The van der Waals surface area contributed by atoms with E-state index in [1.807, 2.05) is 0 Å². The lowest BCUT2D eigenvalue weighted by Crippen LogP contribution is -2.51. The van der Waals surface area contributed by atoms with Gasteiger partial charge in [0.15, 0.2) is 0 Å². The summed E-state index contributed by atoms with van der Waals surface area (Å²) in [5, 5.41) is 1.17. The van der Waals surface area contributed by atoms with Crippen molar-refractivity contribution in [1.82, 2.24) is 4.90 Å². The highest BCUT2D eigenvalue weighted by atomic mass is 79.9. The van der Waals surface area contributed by atoms with Gasteiger partial charge in [-0.15, -0.1) is 0 Å². The number of alkyl halides is 1. The molecule has 0 radical (unpaired) electrons. The predicted octanol–water partition coefficient (Wildman–Crippen LogP) is 4.84.